The minimum atomic E-state index is -4.94. The fraction of sp³-hybridized carbons (Fsp3) is 0.390. The normalized spacial score (nSPS) is 18.2. The molecule has 40 heteroatoms. The van der Waals surface area contributed by atoms with Crippen LogP contribution in [0.4, 0.5) is 31.5 Å². The molecule has 5 aromatic carbocycles. The summed E-state index contributed by atoms with van der Waals surface area (Å²) in [4.78, 5) is 127. The first-order chi connectivity index (χ1) is 57.2. The predicted octanol–water partition coefficient (Wildman–Crippen LogP) is 5.57. The number of aromatic nitrogens is 6. The number of Topliss-reactive ketones (excluding diaryl/α,β-unsaturated/α-hetero) is 5. The van der Waals surface area contributed by atoms with Gasteiger partial charge in [-0.1, -0.05) is 24.3 Å². The number of nitrogens with two attached hydrogens (primary N) is 1. The number of hydrogen-bond donors (Lipinski definition) is 10. The van der Waals surface area contributed by atoms with E-state index >= 15 is 0 Å². The molecule has 10 atom stereocenters. The van der Waals surface area contributed by atoms with Crippen molar-refractivity contribution in [2.45, 2.75) is 126 Å². The number of amides is 3. The molecule has 0 radical (unpaired) electrons. The van der Waals surface area contributed by atoms with Gasteiger partial charge in [-0.2, -0.15) is 28.5 Å². The summed E-state index contributed by atoms with van der Waals surface area (Å²) in [5.41, 5.74) is 10.4. The Hall–Kier alpha value is -11.3. The van der Waals surface area contributed by atoms with Crippen molar-refractivity contribution in [3.63, 3.8) is 0 Å². The second-order valence-electron chi connectivity index (χ2n) is 29.3. The van der Waals surface area contributed by atoms with Crippen molar-refractivity contribution < 1.29 is 120 Å². The topological polar surface area (TPSA) is 461 Å². The van der Waals surface area contributed by atoms with E-state index in [4.69, 9.17) is 52.3 Å². The summed E-state index contributed by atoms with van der Waals surface area (Å²) < 4.78 is 79.6. The Morgan fingerprint density at radius 1 is 0.525 bits per heavy atom. The number of aliphatic hydroxyl groups is 6. The third-order valence-electron chi connectivity index (χ3n) is 17.8. The molecule has 5 fully saturated rings. The monoisotopic (exact) mass is 1750 g/mol. The summed E-state index contributed by atoms with van der Waals surface area (Å²) in [6.45, 7) is 8.06. The van der Waals surface area contributed by atoms with Gasteiger partial charge in [0.05, 0.1) is 35.8 Å². The third kappa shape index (κ3) is 34.0. The molecular weight excluding hydrogens is 1650 g/mol. The first-order valence-corrected chi connectivity index (χ1v) is 37.9. The number of ether oxygens (including phenoxy) is 3. The SMILES string of the molecule is CC(C)(C)OC(=O)OC(=O)OC(C)(C)C.CN1C[C@H]1C(=O)CO.CN[C@@H](CO)C(=O)CO.Cl.NC1C[C@H]1c1ccc(F)cc1.O=C(CO)[C@@H]1CN1C(=O)C(F)(F)F.O=C(CO)[C@@H]1CN1C(=O)c1ccc(-n2cccn2)cc1.O=C(Cl)c1ccc(-n2cccn2)cc1.O=C(N[C@@H](CNC1C[C@H]1c1ccc(F)cc1)C(=O)CO)c1ccc(-n2cccn2)cc1. The zero-order chi connectivity index (χ0) is 89.6. The minimum Gasteiger partial charge on any atom is -0.428 e. The van der Waals surface area contributed by atoms with Crippen LogP contribution in [-0.2, 0) is 43.0 Å². The standard InChI is InChI=1S/C23H23FN4O3.C14H13N3O3.C10H7ClN2O.C10H18O5.C9H10FN.C6H6F3NO3.C5H11NO3.C5H9NO2.ClH/c24-17-6-2-15(3-7-17)19-12-20(19)25-13-21(22(30)14-29)27-23(31)16-4-8-18(9-5-16)28-11-1-10-26-28;18-9-13(19)12-8-16(12)14(20)10-2-4-11(5-3-10)17-7-1-6-15-17;11-10(14)8-2-4-9(5-3-8)13-7-1-6-12-13;1-9(2,3)14-7(11)13-8(12)15-10(4,5)6;10-7-3-1-6(2-4-7)8-5-9(8)11;7-6(8,9)5(13)10-1-3(10)4(12)2-11;1-6-4(2-7)5(9)3-8;1-6-2-4(6)5(8)3-7;/h1-11,19-21,25,29H,12-14H2,(H,27,31);1-7,12,18H,8-9H2;1-7H;1-6H3;1-4,8-9H,5,11H2;3,11H,1-2H2;4,6-8H,2-3H2,1H3;4,7H,2-3H2,1H3;1H/t19-,20?,21-;12-,16?;;;8-,9?;3-,10?;4-;4-,6?;/m00..0000./s1. The highest BCUT2D eigenvalue weighted by atomic mass is 35.5. The maximum Gasteiger partial charge on any atom is 0.519 e. The second kappa shape index (κ2) is 47.8. The van der Waals surface area contributed by atoms with Crippen LogP contribution >= 0.6 is 24.0 Å². The molecule has 0 spiro atoms. The van der Waals surface area contributed by atoms with Gasteiger partial charge < -0.3 is 76.3 Å². The van der Waals surface area contributed by atoms with Crippen molar-refractivity contribution in [3.05, 3.63) is 216 Å². The molecule has 2 aliphatic carbocycles. The number of hydrogen-bond acceptors (Lipinski definition) is 27. The van der Waals surface area contributed by atoms with Crippen LogP contribution in [0.3, 0.4) is 0 Å². The number of likely N-dealkylation sites (N-methyl/N-ethyl adjacent to an activating group) is 2. The van der Waals surface area contributed by atoms with Gasteiger partial charge in [0.1, 0.15) is 74.0 Å². The van der Waals surface area contributed by atoms with Crippen LogP contribution in [0.1, 0.15) is 108 Å². The zero-order valence-electron chi connectivity index (χ0n) is 67.6. The molecule has 3 saturated heterocycles. The first kappa shape index (κ1) is 101. The van der Waals surface area contributed by atoms with Gasteiger partial charge in [-0.25, -0.2) is 32.4 Å². The third-order valence-corrected chi connectivity index (χ3v) is 18.0. The molecule has 11 N–H and O–H groups in total. The molecule has 3 aromatic heterocycles. The van der Waals surface area contributed by atoms with Crippen LogP contribution in [-0.4, -0.2) is 278 Å². The number of halogens is 7. The molecule has 5 aliphatic rings. The molecule has 33 nitrogen and oxygen atoms in total. The van der Waals surface area contributed by atoms with Crippen LogP contribution in [0.5, 0.6) is 0 Å². The molecular formula is C82H98Cl2F5N13O20. The molecule has 122 heavy (non-hydrogen) atoms. The number of benzene rings is 5. The van der Waals surface area contributed by atoms with E-state index < -0.39 is 109 Å². The maximum absolute atomic E-state index is 13.1. The Labute approximate surface area is 709 Å². The Morgan fingerprint density at radius 3 is 1.23 bits per heavy atom. The van der Waals surface area contributed by atoms with Gasteiger partial charge in [0.2, 0.25) is 0 Å². The van der Waals surface area contributed by atoms with Crippen LogP contribution < -0.4 is 21.7 Å². The Kier molecular flexibility index (Phi) is 39.7. The fourth-order valence-electron chi connectivity index (χ4n) is 10.8. The molecule has 2 saturated carbocycles. The molecule has 0 bridgehead atoms. The van der Waals surface area contributed by atoms with Crippen molar-refractivity contribution in [3.8, 4) is 17.1 Å². The van der Waals surface area contributed by atoms with Crippen molar-refractivity contribution in [2.24, 2.45) is 5.73 Å². The summed E-state index contributed by atoms with van der Waals surface area (Å²) in [6, 6.07) is 36.7. The van der Waals surface area contributed by atoms with Gasteiger partial charge in [-0.15, -0.1) is 12.4 Å². The van der Waals surface area contributed by atoms with Crippen molar-refractivity contribution in [2.75, 3.05) is 79.9 Å². The molecule has 3 amide bonds. The van der Waals surface area contributed by atoms with E-state index in [2.05, 4.69) is 36.0 Å². The summed E-state index contributed by atoms with van der Waals surface area (Å²) in [5.74, 6) is -4.34. The van der Waals surface area contributed by atoms with Crippen molar-refractivity contribution >= 4 is 88.2 Å². The van der Waals surface area contributed by atoms with Gasteiger partial charge in [-0.05, 0) is 206 Å². The molecule has 660 valence electrons. The summed E-state index contributed by atoms with van der Waals surface area (Å²) in [7, 11) is 3.41. The Bertz CT molecular complexity index is 4670. The summed E-state index contributed by atoms with van der Waals surface area (Å²) in [5, 5.41) is 71.7. The number of carbonyl (C=O) groups excluding carboxylic acids is 11. The van der Waals surface area contributed by atoms with Gasteiger partial charge in [0.15, 0.2) is 28.9 Å². The highest BCUT2D eigenvalue weighted by molar-refractivity contribution is 6.67. The first-order valence-electron chi connectivity index (χ1n) is 37.5. The smallest absolute Gasteiger partial charge is 0.428 e. The highest BCUT2D eigenvalue weighted by Gasteiger charge is 2.54. The van der Waals surface area contributed by atoms with Crippen LogP contribution in [0.2, 0.25) is 0 Å². The van der Waals surface area contributed by atoms with Gasteiger partial charge in [0, 0.05) is 104 Å². The molecule has 3 unspecified atom stereocenters. The lowest BCUT2D eigenvalue weighted by Gasteiger charge is -2.20. The number of carbonyl (C=O) groups is 11. The molecule has 6 heterocycles. The Balaban J connectivity index is 0.000000258. The maximum atomic E-state index is 13.1. The van der Waals surface area contributed by atoms with E-state index in [1.165, 1.54) is 34.7 Å². The van der Waals surface area contributed by atoms with Gasteiger partial charge in [0.25, 0.3) is 17.1 Å². The predicted molar refractivity (Wildman–Crippen MR) is 433 cm³/mol. The number of aliphatic hydroxyl groups excluding tert-OH is 6. The average Bonchev–Trinajstić information content (AvgIpc) is 1.64. The fourth-order valence-corrected chi connectivity index (χ4v) is 10.9. The van der Waals surface area contributed by atoms with Crippen molar-refractivity contribution in [1.82, 2.24) is 60.0 Å². The van der Waals surface area contributed by atoms with E-state index in [-0.39, 0.29) is 91.6 Å². The lowest BCUT2D eigenvalue weighted by atomic mass is 10.1. The van der Waals surface area contributed by atoms with E-state index in [9.17, 15) is 79.8 Å². The van der Waals surface area contributed by atoms with E-state index in [1.54, 1.807) is 178 Å². The quantitative estimate of drug-likeness (QED) is 0.0116. The average molecular weight is 1750 g/mol. The second-order valence-corrected chi connectivity index (χ2v) is 29.7. The Morgan fingerprint density at radius 2 is 0.902 bits per heavy atom. The van der Waals surface area contributed by atoms with E-state index in [0.717, 1.165) is 42.0 Å². The number of alkyl halides is 3. The van der Waals surface area contributed by atoms with E-state index in [0.29, 0.717) is 40.1 Å². The van der Waals surface area contributed by atoms with Gasteiger partial charge >= 0.3 is 24.4 Å². The molecule has 13 rings (SSSR count). The number of nitrogens with zero attached hydrogens (tertiary/aromatic N) is 9. The molecule has 3 aliphatic heterocycles. The largest absolute Gasteiger partial charge is 0.519 e. The number of ketones is 5. The minimum absolute atomic E-state index is 0. The summed E-state index contributed by atoms with van der Waals surface area (Å²) >= 11 is 5.32. The van der Waals surface area contributed by atoms with Crippen LogP contribution in [0.25, 0.3) is 17.1 Å². The lowest BCUT2D eigenvalue weighted by Crippen LogP contribution is -2.48. The van der Waals surface area contributed by atoms with Crippen molar-refractivity contribution in [1.29, 1.82) is 0 Å². The number of rotatable bonds is 24. The van der Waals surface area contributed by atoms with Gasteiger partial charge in [-0.3, -0.25) is 48.1 Å². The lowest BCUT2D eigenvalue weighted by molar-refractivity contribution is -0.180. The highest BCUT2D eigenvalue weighted by Crippen LogP contribution is 2.41. The van der Waals surface area contributed by atoms with Crippen LogP contribution in [0, 0.1) is 11.6 Å². The zero-order valence-corrected chi connectivity index (χ0v) is 69.2. The van der Waals surface area contributed by atoms with E-state index in [1.807, 2.05) is 48.6 Å². The summed E-state index contributed by atoms with van der Waals surface area (Å²) in [6.07, 6.45) is 5.35. The number of nitrogens with one attached hydrogen (secondary N) is 3. The van der Waals surface area contributed by atoms with Crippen LogP contribution in [0.15, 0.2) is 177 Å². The molecule has 8 aromatic rings.